The van der Waals surface area contributed by atoms with Crippen LogP contribution in [0, 0.1) is 5.92 Å². The van der Waals surface area contributed by atoms with Crippen molar-refractivity contribution >= 4 is 5.97 Å². The minimum absolute atomic E-state index is 0.113. The average molecular weight is 220 g/mol. The highest BCUT2D eigenvalue weighted by Gasteiger charge is 2.33. The van der Waals surface area contributed by atoms with Gasteiger partial charge in [-0.1, -0.05) is 30.3 Å². The fourth-order valence-corrected chi connectivity index (χ4v) is 2.19. The predicted octanol–water partition coefficient (Wildman–Crippen LogP) is 2.46. The molecule has 1 aromatic carbocycles. The van der Waals surface area contributed by atoms with Crippen LogP contribution in [0.25, 0.3) is 0 Å². The van der Waals surface area contributed by atoms with Gasteiger partial charge in [0.15, 0.2) is 0 Å². The summed E-state index contributed by atoms with van der Waals surface area (Å²) in [5.74, 6) is -1.04. The van der Waals surface area contributed by atoms with Crippen molar-refractivity contribution in [1.29, 1.82) is 0 Å². The molecule has 0 amide bonds. The number of rotatable bonds is 4. The Morgan fingerprint density at radius 3 is 2.75 bits per heavy atom. The number of hydrogen-bond donors (Lipinski definition) is 1. The van der Waals surface area contributed by atoms with E-state index in [-0.39, 0.29) is 12.0 Å². The largest absolute Gasteiger partial charge is 0.481 e. The SMILES string of the molecule is O=C(O)[C@@H]1CCC[C@@H]1OCc1ccccc1. The van der Waals surface area contributed by atoms with Crippen LogP contribution in [-0.4, -0.2) is 17.2 Å². The molecule has 0 radical (unpaired) electrons. The molecule has 86 valence electrons. The summed E-state index contributed by atoms with van der Waals surface area (Å²) < 4.78 is 5.68. The maximum absolute atomic E-state index is 10.9. The van der Waals surface area contributed by atoms with E-state index in [0.717, 1.165) is 24.8 Å². The lowest BCUT2D eigenvalue weighted by atomic mass is 10.1. The van der Waals surface area contributed by atoms with Crippen LogP contribution in [0.4, 0.5) is 0 Å². The molecule has 0 aliphatic heterocycles. The van der Waals surface area contributed by atoms with Gasteiger partial charge in [-0.2, -0.15) is 0 Å². The van der Waals surface area contributed by atoms with Gasteiger partial charge in [0.2, 0.25) is 0 Å². The van der Waals surface area contributed by atoms with Crippen molar-refractivity contribution in [3.05, 3.63) is 35.9 Å². The second kappa shape index (κ2) is 5.12. The molecular formula is C13H16O3. The molecule has 0 unspecified atom stereocenters. The first-order valence-electron chi connectivity index (χ1n) is 5.65. The van der Waals surface area contributed by atoms with Crippen molar-refractivity contribution in [1.82, 2.24) is 0 Å². The first-order chi connectivity index (χ1) is 7.77. The Hall–Kier alpha value is -1.35. The molecule has 1 aliphatic rings. The summed E-state index contributed by atoms with van der Waals surface area (Å²) in [6.07, 6.45) is 2.45. The van der Waals surface area contributed by atoms with Gasteiger partial charge in [0.25, 0.3) is 0 Å². The van der Waals surface area contributed by atoms with E-state index in [4.69, 9.17) is 9.84 Å². The Morgan fingerprint density at radius 2 is 2.06 bits per heavy atom. The molecule has 1 saturated carbocycles. The molecule has 1 fully saturated rings. The second-order valence-electron chi connectivity index (χ2n) is 4.21. The van der Waals surface area contributed by atoms with Gasteiger partial charge in [-0.05, 0) is 24.8 Å². The third kappa shape index (κ3) is 2.61. The molecular weight excluding hydrogens is 204 g/mol. The molecule has 16 heavy (non-hydrogen) atoms. The van der Waals surface area contributed by atoms with E-state index >= 15 is 0 Å². The van der Waals surface area contributed by atoms with Gasteiger partial charge in [0.1, 0.15) is 0 Å². The summed E-state index contributed by atoms with van der Waals surface area (Å²) in [6, 6.07) is 9.86. The number of carboxylic acid groups (broad SMARTS) is 1. The Labute approximate surface area is 95.0 Å². The zero-order chi connectivity index (χ0) is 11.4. The normalized spacial score (nSPS) is 24.5. The Balaban J connectivity index is 1.88. The third-order valence-electron chi connectivity index (χ3n) is 3.08. The van der Waals surface area contributed by atoms with Crippen LogP contribution < -0.4 is 0 Å². The highest BCUT2D eigenvalue weighted by Crippen LogP contribution is 2.29. The molecule has 2 rings (SSSR count). The lowest BCUT2D eigenvalue weighted by Crippen LogP contribution is -2.25. The van der Waals surface area contributed by atoms with E-state index in [1.54, 1.807) is 0 Å². The summed E-state index contributed by atoms with van der Waals surface area (Å²) in [5.41, 5.74) is 1.10. The van der Waals surface area contributed by atoms with Crippen LogP contribution in [0.15, 0.2) is 30.3 Å². The van der Waals surface area contributed by atoms with Crippen molar-refractivity contribution in [3.63, 3.8) is 0 Å². The fourth-order valence-electron chi connectivity index (χ4n) is 2.19. The second-order valence-corrected chi connectivity index (χ2v) is 4.21. The van der Waals surface area contributed by atoms with Crippen LogP contribution in [-0.2, 0) is 16.1 Å². The Morgan fingerprint density at radius 1 is 1.31 bits per heavy atom. The monoisotopic (exact) mass is 220 g/mol. The number of carboxylic acids is 1. The summed E-state index contributed by atoms with van der Waals surface area (Å²) >= 11 is 0. The van der Waals surface area contributed by atoms with Gasteiger partial charge in [0, 0.05) is 0 Å². The van der Waals surface area contributed by atoms with Crippen LogP contribution >= 0.6 is 0 Å². The van der Waals surface area contributed by atoms with Crippen LogP contribution in [0.3, 0.4) is 0 Å². The molecule has 0 saturated heterocycles. The van der Waals surface area contributed by atoms with Crippen molar-refractivity contribution in [2.75, 3.05) is 0 Å². The highest BCUT2D eigenvalue weighted by molar-refractivity contribution is 5.71. The number of hydrogen-bond acceptors (Lipinski definition) is 2. The van der Waals surface area contributed by atoms with Crippen molar-refractivity contribution < 1.29 is 14.6 Å². The molecule has 3 nitrogen and oxygen atoms in total. The molecule has 2 atom stereocenters. The minimum Gasteiger partial charge on any atom is -0.481 e. The van der Waals surface area contributed by atoms with Gasteiger partial charge >= 0.3 is 5.97 Å². The summed E-state index contributed by atoms with van der Waals surface area (Å²) in [5, 5.41) is 9.00. The highest BCUT2D eigenvalue weighted by atomic mass is 16.5. The van der Waals surface area contributed by atoms with Gasteiger partial charge in [-0.25, -0.2) is 0 Å². The molecule has 3 heteroatoms. The standard InChI is InChI=1S/C13H16O3/c14-13(15)11-7-4-8-12(11)16-9-10-5-2-1-3-6-10/h1-3,5-6,11-12H,4,7-9H2,(H,14,15)/t11-,12+/m1/s1. The molecule has 0 bridgehead atoms. The summed E-state index contributed by atoms with van der Waals surface area (Å²) in [4.78, 5) is 10.9. The fraction of sp³-hybridized carbons (Fsp3) is 0.462. The minimum atomic E-state index is -0.726. The number of carbonyl (C=O) groups is 1. The first kappa shape index (κ1) is 11.1. The topological polar surface area (TPSA) is 46.5 Å². The van der Waals surface area contributed by atoms with Gasteiger partial charge in [-0.3, -0.25) is 4.79 Å². The number of ether oxygens (including phenoxy) is 1. The van der Waals surface area contributed by atoms with Gasteiger partial charge in [0.05, 0.1) is 18.6 Å². The molecule has 0 aromatic heterocycles. The van der Waals surface area contributed by atoms with E-state index in [2.05, 4.69) is 0 Å². The van der Waals surface area contributed by atoms with Crippen LogP contribution in [0.2, 0.25) is 0 Å². The lowest BCUT2D eigenvalue weighted by Gasteiger charge is -2.16. The average Bonchev–Trinajstić information content (AvgIpc) is 2.76. The Kier molecular flexibility index (Phi) is 3.57. The lowest BCUT2D eigenvalue weighted by molar-refractivity contribution is -0.146. The van der Waals surface area contributed by atoms with E-state index in [0.29, 0.717) is 6.61 Å². The van der Waals surface area contributed by atoms with Crippen molar-refractivity contribution in [2.24, 2.45) is 5.92 Å². The number of aliphatic carboxylic acids is 1. The van der Waals surface area contributed by atoms with Crippen molar-refractivity contribution in [2.45, 2.75) is 32.0 Å². The maximum atomic E-state index is 10.9. The molecule has 0 heterocycles. The summed E-state index contributed by atoms with van der Waals surface area (Å²) in [7, 11) is 0. The zero-order valence-corrected chi connectivity index (χ0v) is 9.13. The third-order valence-corrected chi connectivity index (χ3v) is 3.08. The van der Waals surface area contributed by atoms with E-state index < -0.39 is 5.97 Å². The molecule has 1 aliphatic carbocycles. The zero-order valence-electron chi connectivity index (χ0n) is 9.13. The predicted molar refractivity (Wildman–Crippen MR) is 60.0 cm³/mol. The molecule has 0 spiro atoms. The van der Waals surface area contributed by atoms with E-state index in [1.165, 1.54) is 0 Å². The first-order valence-corrected chi connectivity index (χ1v) is 5.65. The summed E-state index contributed by atoms with van der Waals surface area (Å²) in [6.45, 7) is 0.509. The Bertz CT molecular complexity index is 347. The van der Waals surface area contributed by atoms with Gasteiger partial charge < -0.3 is 9.84 Å². The van der Waals surface area contributed by atoms with Crippen LogP contribution in [0.1, 0.15) is 24.8 Å². The van der Waals surface area contributed by atoms with E-state index in [9.17, 15) is 4.79 Å². The van der Waals surface area contributed by atoms with Crippen LogP contribution in [0.5, 0.6) is 0 Å². The molecule has 1 aromatic rings. The van der Waals surface area contributed by atoms with Gasteiger partial charge in [-0.15, -0.1) is 0 Å². The maximum Gasteiger partial charge on any atom is 0.309 e. The quantitative estimate of drug-likeness (QED) is 0.847. The van der Waals surface area contributed by atoms with Crippen molar-refractivity contribution in [3.8, 4) is 0 Å². The molecule has 1 N–H and O–H groups in total. The number of benzene rings is 1. The smallest absolute Gasteiger partial charge is 0.309 e. The van der Waals surface area contributed by atoms with E-state index in [1.807, 2.05) is 30.3 Å².